The quantitative estimate of drug-likeness (QED) is 0.711. The fourth-order valence-corrected chi connectivity index (χ4v) is 2.22. The number of rotatable bonds is 5. The van der Waals surface area contributed by atoms with Gasteiger partial charge in [0.2, 0.25) is 0 Å². The van der Waals surface area contributed by atoms with E-state index in [-0.39, 0.29) is 12.4 Å². The first kappa shape index (κ1) is 14.2. The molecule has 7 nitrogen and oxygen atoms in total. The summed E-state index contributed by atoms with van der Waals surface area (Å²) in [6.45, 7) is 0.199. The first-order valence-corrected chi connectivity index (χ1v) is 6.76. The monoisotopic (exact) mass is 295 g/mol. The molecule has 8 heteroatoms. The molecule has 2 rings (SSSR count). The topological polar surface area (TPSA) is 104 Å². The van der Waals surface area contributed by atoms with Crippen LogP contribution in [0, 0.1) is 0 Å². The summed E-state index contributed by atoms with van der Waals surface area (Å²) in [5.41, 5.74) is 0. The lowest BCUT2D eigenvalue weighted by molar-refractivity contribution is -0.136. The molecule has 0 saturated carbocycles. The molecule has 20 heavy (non-hydrogen) atoms. The molecular weight excluding hydrogens is 282 g/mol. The largest absolute Gasteiger partial charge is 0.388 e. The van der Waals surface area contributed by atoms with E-state index in [1.807, 2.05) is 17.5 Å². The van der Waals surface area contributed by atoms with Crippen LogP contribution in [0.25, 0.3) is 0 Å². The number of hydrogen-bond acceptors (Lipinski definition) is 6. The number of anilines is 1. The minimum atomic E-state index is -0.829. The third-order valence-corrected chi connectivity index (χ3v) is 3.43. The van der Waals surface area contributed by atoms with Gasteiger partial charge in [-0.15, -0.1) is 11.3 Å². The van der Waals surface area contributed by atoms with Gasteiger partial charge in [0, 0.05) is 17.5 Å². The molecule has 2 heterocycles. The van der Waals surface area contributed by atoms with Crippen LogP contribution in [0.4, 0.5) is 5.82 Å². The molecule has 106 valence electrons. The molecule has 0 radical (unpaired) electrons. The van der Waals surface area contributed by atoms with Crippen molar-refractivity contribution in [1.82, 2.24) is 10.5 Å². The lowest BCUT2D eigenvalue weighted by atomic mass is 10.2. The highest BCUT2D eigenvalue weighted by Crippen LogP contribution is 2.20. The number of aromatic nitrogens is 1. The first-order valence-electron chi connectivity index (χ1n) is 5.88. The number of nitrogens with zero attached hydrogens (tertiary/aromatic N) is 1. The summed E-state index contributed by atoms with van der Waals surface area (Å²) < 4.78 is 4.52. The number of hydrogen-bond donors (Lipinski definition) is 3. The smallest absolute Gasteiger partial charge is 0.314 e. The van der Waals surface area contributed by atoms with Crippen molar-refractivity contribution in [3.8, 4) is 0 Å². The van der Waals surface area contributed by atoms with Gasteiger partial charge in [0.05, 0.1) is 6.10 Å². The Hall–Kier alpha value is -2.19. The van der Waals surface area contributed by atoms with E-state index < -0.39 is 17.9 Å². The molecule has 2 aromatic rings. The Balaban J connectivity index is 1.71. The Bertz CT molecular complexity index is 553. The number of carbonyl (C=O) groups excluding carboxylic acids is 2. The molecule has 3 N–H and O–H groups in total. The van der Waals surface area contributed by atoms with Crippen LogP contribution in [0.2, 0.25) is 0 Å². The van der Waals surface area contributed by atoms with Crippen molar-refractivity contribution in [3.05, 3.63) is 34.7 Å². The van der Waals surface area contributed by atoms with Gasteiger partial charge in [-0.2, -0.15) is 0 Å². The van der Waals surface area contributed by atoms with Crippen LogP contribution in [0.1, 0.15) is 17.4 Å². The zero-order valence-corrected chi connectivity index (χ0v) is 11.2. The van der Waals surface area contributed by atoms with Gasteiger partial charge in [0.1, 0.15) is 6.26 Å². The summed E-state index contributed by atoms with van der Waals surface area (Å²) >= 11 is 1.44. The van der Waals surface area contributed by atoms with Gasteiger partial charge in [0.25, 0.3) is 0 Å². The lowest BCUT2D eigenvalue weighted by Gasteiger charge is -2.09. The van der Waals surface area contributed by atoms with E-state index >= 15 is 0 Å². The maximum Gasteiger partial charge on any atom is 0.314 e. The van der Waals surface area contributed by atoms with Crippen LogP contribution in [0.15, 0.2) is 34.4 Å². The first-order chi connectivity index (χ1) is 9.66. The van der Waals surface area contributed by atoms with E-state index in [1.165, 1.54) is 23.7 Å². The second-order valence-electron chi connectivity index (χ2n) is 3.91. The third-order valence-electron chi connectivity index (χ3n) is 2.46. The Morgan fingerprint density at radius 1 is 1.40 bits per heavy atom. The van der Waals surface area contributed by atoms with E-state index in [9.17, 15) is 14.7 Å². The number of aliphatic hydroxyl groups excluding tert-OH is 1. The zero-order chi connectivity index (χ0) is 14.4. The summed E-state index contributed by atoms with van der Waals surface area (Å²) in [5.74, 6) is -1.44. The van der Waals surface area contributed by atoms with E-state index in [0.717, 1.165) is 4.88 Å². The maximum atomic E-state index is 11.5. The van der Waals surface area contributed by atoms with E-state index in [0.29, 0.717) is 6.42 Å². The van der Waals surface area contributed by atoms with Crippen LogP contribution < -0.4 is 10.6 Å². The number of thiophene rings is 1. The summed E-state index contributed by atoms with van der Waals surface area (Å²) in [7, 11) is 0. The van der Waals surface area contributed by atoms with Crippen LogP contribution in [0.3, 0.4) is 0 Å². The second-order valence-corrected chi connectivity index (χ2v) is 4.89. The molecule has 1 atom stereocenters. The average Bonchev–Trinajstić information content (AvgIpc) is 3.11. The molecule has 0 unspecified atom stereocenters. The van der Waals surface area contributed by atoms with Gasteiger partial charge >= 0.3 is 11.8 Å². The van der Waals surface area contributed by atoms with Gasteiger partial charge in [-0.1, -0.05) is 11.2 Å². The van der Waals surface area contributed by atoms with Gasteiger partial charge in [0.15, 0.2) is 5.82 Å². The van der Waals surface area contributed by atoms with Crippen molar-refractivity contribution < 1.29 is 19.2 Å². The molecule has 0 aliphatic heterocycles. The van der Waals surface area contributed by atoms with Gasteiger partial charge in [-0.05, 0) is 17.9 Å². The van der Waals surface area contributed by atoms with Crippen LogP contribution in [-0.2, 0) is 9.59 Å². The summed E-state index contributed by atoms with van der Waals surface area (Å²) in [4.78, 5) is 23.8. The summed E-state index contributed by atoms with van der Waals surface area (Å²) in [5, 5.41) is 19.8. The van der Waals surface area contributed by atoms with Gasteiger partial charge < -0.3 is 14.9 Å². The van der Waals surface area contributed by atoms with E-state index in [2.05, 4.69) is 20.3 Å². The molecule has 2 amide bonds. The number of amides is 2. The lowest BCUT2D eigenvalue weighted by Crippen LogP contribution is -2.36. The van der Waals surface area contributed by atoms with Crippen molar-refractivity contribution in [2.45, 2.75) is 12.5 Å². The number of nitrogens with one attached hydrogen (secondary N) is 2. The molecule has 0 spiro atoms. The number of aliphatic hydroxyl groups is 1. The average molecular weight is 295 g/mol. The fourth-order valence-electron chi connectivity index (χ4n) is 1.48. The summed E-state index contributed by atoms with van der Waals surface area (Å²) in [6, 6.07) is 5.08. The predicted molar refractivity (Wildman–Crippen MR) is 72.0 cm³/mol. The van der Waals surface area contributed by atoms with Crippen LogP contribution in [0.5, 0.6) is 0 Å². The van der Waals surface area contributed by atoms with E-state index in [1.54, 1.807) is 0 Å². The van der Waals surface area contributed by atoms with Crippen molar-refractivity contribution in [1.29, 1.82) is 0 Å². The van der Waals surface area contributed by atoms with Crippen molar-refractivity contribution >= 4 is 29.0 Å². The molecule has 0 aromatic carbocycles. The second kappa shape index (κ2) is 6.83. The Morgan fingerprint density at radius 3 is 2.90 bits per heavy atom. The van der Waals surface area contributed by atoms with Crippen molar-refractivity contribution in [2.24, 2.45) is 0 Å². The van der Waals surface area contributed by atoms with E-state index in [4.69, 9.17) is 0 Å². The Kier molecular flexibility index (Phi) is 4.85. The molecule has 0 saturated heterocycles. The molecule has 0 aliphatic rings. The van der Waals surface area contributed by atoms with Crippen LogP contribution >= 0.6 is 11.3 Å². The maximum absolute atomic E-state index is 11.5. The molecule has 0 fully saturated rings. The predicted octanol–water partition coefficient (Wildman–Crippen LogP) is 0.915. The standard InChI is InChI=1S/C12H13N3O4S/c16-8(9-2-1-7-20-9)3-5-13-11(17)12(18)14-10-4-6-19-15-10/h1-2,4,6-8,16H,3,5H2,(H,13,17)(H,14,15,18)/t8-/m0/s1. The minimum absolute atomic E-state index is 0.170. The van der Waals surface area contributed by atoms with Gasteiger partial charge in [-0.3, -0.25) is 14.9 Å². The SMILES string of the molecule is O=C(NCC[C@H](O)c1cccs1)C(=O)Nc1ccon1. The molecule has 0 bridgehead atoms. The zero-order valence-electron chi connectivity index (χ0n) is 10.4. The Labute approximate surface area is 118 Å². The molecule has 0 aliphatic carbocycles. The minimum Gasteiger partial charge on any atom is -0.388 e. The van der Waals surface area contributed by atoms with Crippen molar-refractivity contribution in [3.63, 3.8) is 0 Å². The summed E-state index contributed by atoms with van der Waals surface area (Å²) in [6.07, 6.45) is 0.975. The third kappa shape index (κ3) is 3.90. The number of carbonyl (C=O) groups is 2. The molecule has 2 aromatic heterocycles. The highest BCUT2D eigenvalue weighted by atomic mass is 32.1. The molecular formula is C12H13N3O4S. The normalized spacial score (nSPS) is 11.8. The Morgan fingerprint density at radius 2 is 2.25 bits per heavy atom. The van der Waals surface area contributed by atoms with Crippen LogP contribution in [-0.4, -0.2) is 28.6 Å². The van der Waals surface area contributed by atoms with Gasteiger partial charge in [-0.25, -0.2) is 0 Å². The van der Waals surface area contributed by atoms with Crippen molar-refractivity contribution in [2.75, 3.05) is 11.9 Å². The fraction of sp³-hybridized carbons (Fsp3) is 0.250. The highest BCUT2D eigenvalue weighted by Gasteiger charge is 2.15. The highest BCUT2D eigenvalue weighted by molar-refractivity contribution is 7.10.